The predicted octanol–water partition coefficient (Wildman–Crippen LogP) is 2.72. The first-order valence-electron chi connectivity index (χ1n) is 3.67. The molecule has 1 aliphatic carbocycles. The van der Waals surface area contributed by atoms with Gasteiger partial charge in [0.1, 0.15) is 0 Å². The summed E-state index contributed by atoms with van der Waals surface area (Å²) in [5.74, 6) is -0.00270. The molecule has 0 amide bonds. The van der Waals surface area contributed by atoms with Gasteiger partial charge in [-0.3, -0.25) is 4.79 Å². The van der Waals surface area contributed by atoms with Crippen LogP contribution < -0.4 is 0 Å². The molecule has 1 rings (SSSR count). The molecule has 0 N–H and O–H groups in total. The van der Waals surface area contributed by atoms with Crippen LogP contribution in [0, 0.1) is 5.92 Å². The van der Waals surface area contributed by atoms with Crippen LogP contribution in [0.5, 0.6) is 0 Å². The molecule has 0 spiro atoms. The van der Waals surface area contributed by atoms with E-state index < -0.39 is 4.33 Å². The summed E-state index contributed by atoms with van der Waals surface area (Å²) in [6.45, 7) is 0. The monoisotopic (exact) mass is 192 g/mol. The molecule has 0 radical (unpaired) electrons. The third kappa shape index (κ3) is 2.21. The topological polar surface area (TPSA) is 17.1 Å². The zero-order valence-electron chi connectivity index (χ0n) is 6.09. The molecule has 0 saturated carbocycles. The number of carbonyl (C=O) groups excluding carboxylic acids is 1. The molecular weight excluding hydrogens is 183 g/mol. The maximum absolute atomic E-state index is 10.4. The molecule has 0 unspecified atom stereocenters. The van der Waals surface area contributed by atoms with Gasteiger partial charge >= 0.3 is 0 Å². The van der Waals surface area contributed by atoms with Crippen molar-refractivity contribution in [3.05, 3.63) is 12.2 Å². The van der Waals surface area contributed by atoms with Gasteiger partial charge in [0.2, 0.25) is 0 Å². The van der Waals surface area contributed by atoms with Crippen molar-refractivity contribution in [3.8, 4) is 0 Å². The lowest BCUT2D eigenvalue weighted by atomic mass is 9.93. The van der Waals surface area contributed by atoms with Crippen molar-refractivity contribution in [1.82, 2.24) is 0 Å². The molecule has 0 bridgehead atoms. The number of carbonyl (C=O) groups is 1. The van der Waals surface area contributed by atoms with E-state index in [2.05, 4.69) is 0 Å². The van der Waals surface area contributed by atoms with Crippen LogP contribution in [0.3, 0.4) is 0 Å². The average molecular weight is 193 g/mol. The van der Waals surface area contributed by atoms with Gasteiger partial charge in [0.15, 0.2) is 10.6 Å². The minimum absolute atomic E-state index is 0.00270. The first kappa shape index (κ1) is 9.08. The predicted molar refractivity (Wildman–Crippen MR) is 47.0 cm³/mol. The Morgan fingerprint density at radius 1 is 1.55 bits per heavy atom. The summed E-state index contributed by atoms with van der Waals surface area (Å²) < 4.78 is -1.21. The SMILES string of the molecule is O=CC(Cl)(Cl)[C@@H]1C=CCCC1. The van der Waals surface area contributed by atoms with E-state index in [0.717, 1.165) is 19.3 Å². The highest BCUT2D eigenvalue weighted by Gasteiger charge is 2.32. The number of hydrogen-bond donors (Lipinski definition) is 0. The Bertz CT molecular complexity index is 175. The van der Waals surface area contributed by atoms with Crippen LogP contribution >= 0.6 is 23.2 Å². The van der Waals surface area contributed by atoms with E-state index in [1.165, 1.54) is 0 Å². The molecule has 11 heavy (non-hydrogen) atoms. The van der Waals surface area contributed by atoms with Crippen LogP contribution in [0.15, 0.2) is 12.2 Å². The molecule has 62 valence electrons. The van der Waals surface area contributed by atoms with Crippen molar-refractivity contribution < 1.29 is 4.79 Å². The van der Waals surface area contributed by atoms with Crippen molar-refractivity contribution in [2.75, 3.05) is 0 Å². The fourth-order valence-corrected chi connectivity index (χ4v) is 1.58. The van der Waals surface area contributed by atoms with Crippen LogP contribution in [0.25, 0.3) is 0 Å². The Morgan fingerprint density at radius 2 is 2.27 bits per heavy atom. The zero-order valence-corrected chi connectivity index (χ0v) is 7.61. The Kier molecular flexibility index (Phi) is 2.97. The molecule has 0 fully saturated rings. The number of hydrogen-bond acceptors (Lipinski definition) is 1. The van der Waals surface area contributed by atoms with E-state index in [1.807, 2.05) is 12.2 Å². The number of aldehydes is 1. The maximum Gasteiger partial charge on any atom is 0.179 e. The standard InChI is InChI=1S/C8H10Cl2O/c9-8(10,6-11)7-4-2-1-3-5-7/h2,4,6-7H,1,3,5H2/t7-/m1/s1. The fraction of sp³-hybridized carbons (Fsp3) is 0.625. The number of allylic oxidation sites excluding steroid dienone is 2. The van der Waals surface area contributed by atoms with Crippen LogP contribution in [0.4, 0.5) is 0 Å². The molecule has 0 heterocycles. The Morgan fingerprint density at radius 3 is 2.73 bits per heavy atom. The van der Waals surface area contributed by atoms with Gasteiger partial charge in [-0.2, -0.15) is 0 Å². The van der Waals surface area contributed by atoms with E-state index in [4.69, 9.17) is 23.2 Å². The summed E-state index contributed by atoms with van der Waals surface area (Å²) in [4.78, 5) is 10.4. The molecular formula is C8H10Cl2O. The minimum Gasteiger partial charge on any atom is -0.300 e. The van der Waals surface area contributed by atoms with Crippen LogP contribution in [-0.2, 0) is 4.79 Å². The lowest BCUT2D eigenvalue weighted by molar-refractivity contribution is -0.109. The maximum atomic E-state index is 10.4. The molecule has 1 atom stereocenters. The molecule has 0 aromatic carbocycles. The molecule has 3 heteroatoms. The summed E-state index contributed by atoms with van der Waals surface area (Å²) in [5, 5.41) is 0. The molecule has 0 saturated heterocycles. The summed E-state index contributed by atoms with van der Waals surface area (Å²) in [5.41, 5.74) is 0. The molecule has 0 aromatic rings. The van der Waals surface area contributed by atoms with Crippen molar-refractivity contribution in [2.45, 2.75) is 23.6 Å². The average Bonchev–Trinajstić information content (AvgIpc) is 2.06. The van der Waals surface area contributed by atoms with Gasteiger partial charge in [0, 0.05) is 5.92 Å². The summed E-state index contributed by atoms with van der Waals surface area (Å²) in [6, 6.07) is 0. The van der Waals surface area contributed by atoms with Crippen LogP contribution in [0.2, 0.25) is 0 Å². The van der Waals surface area contributed by atoms with Gasteiger partial charge in [-0.1, -0.05) is 35.4 Å². The van der Waals surface area contributed by atoms with Gasteiger partial charge in [-0.25, -0.2) is 0 Å². The quantitative estimate of drug-likeness (QED) is 0.374. The second-order valence-electron chi connectivity index (χ2n) is 2.76. The van der Waals surface area contributed by atoms with E-state index in [9.17, 15) is 4.79 Å². The highest BCUT2D eigenvalue weighted by Crippen LogP contribution is 2.35. The summed E-state index contributed by atoms with van der Waals surface area (Å²) in [7, 11) is 0. The highest BCUT2D eigenvalue weighted by atomic mass is 35.5. The molecule has 0 aliphatic heterocycles. The normalized spacial score (nSPS) is 25.1. The Balaban J connectivity index is 2.65. The Hall–Kier alpha value is -0.0100. The van der Waals surface area contributed by atoms with Crippen LogP contribution in [-0.4, -0.2) is 10.6 Å². The van der Waals surface area contributed by atoms with Crippen molar-refractivity contribution >= 4 is 29.5 Å². The third-order valence-electron chi connectivity index (χ3n) is 1.91. The van der Waals surface area contributed by atoms with Crippen molar-refractivity contribution in [1.29, 1.82) is 0 Å². The highest BCUT2D eigenvalue weighted by molar-refractivity contribution is 6.56. The number of alkyl halides is 2. The van der Waals surface area contributed by atoms with Crippen molar-refractivity contribution in [3.63, 3.8) is 0 Å². The minimum atomic E-state index is -1.21. The third-order valence-corrected chi connectivity index (χ3v) is 2.64. The second kappa shape index (κ2) is 3.59. The summed E-state index contributed by atoms with van der Waals surface area (Å²) >= 11 is 11.5. The summed E-state index contributed by atoms with van der Waals surface area (Å²) in [6.07, 6.45) is 7.60. The van der Waals surface area contributed by atoms with E-state index in [0.29, 0.717) is 6.29 Å². The Labute approximate surface area is 76.4 Å². The van der Waals surface area contributed by atoms with Gasteiger partial charge in [0.05, 0.1) is 0 Å². The second-order valence-corrected chi connectivity index (χ2v) is 4.20. The lowest BCUT2D eigenvalue weighted by Crippen LogP contribution is -2.26. The van der Waals surface area contributed by atoms with Gasteiger partial charge in [-0.15, -0.1) is 0 Å². The molecule has 1 aliphatic rings. The van der Waals surface area contributed by atoms with Gasteiger partial charge in [0.25, 0.3) is 0 Å². The largest absolute Gasteiger partial charge is 0.300 e. The fourth-order valence-electron chi connectivity index (χ4n) is 1.22. The van der Waals surface area contributed by atoms with Gasteiger partial charge < -0.3 is 0 Å². The first-order valence-corrected chi connectivity index (χ1v) is 4.43. The number of halogens is 2. The number of rotatable bonds is 2. The van der Waals surface area contributed by atoms with Gasteiger partial charge in [-0.05, 0) is 19.3 Å². The van der Waals surface area contributed by atoms with Crippen LogP contribution in [0.1, 0.15) is 19.3 Å². The zero-order chi connectivity index (χ0) is 8.32. The molecule has 1 nitrogen and oxygen atoms in total. The molecule has 0 aromatic heterocycles. The first-order chi connectivity index (χ1) is 5.17. The van der Waals surface area contributed by atoms with Crippen molar-refractivity contribution in [2.24, 2.45) is 5.92 Å². The lowest BCUT2D eigenvalue weighted by Gasteiger charge is -2.24. The van der Waals surface area contributed by atoms with E-state index >= 15 is 0 Å². The smallest absolute Gasteiger partial charge is 0.179 e. The van der Waals surface area contributed by atoms with E-state index in [1.54, 1.807) is 0 Å². The van der Waals surface area contributed by atoms with E-state index in [-0.39, 0.29) is 5.92 Å².